The smallest absolute Gasteiger partial charge is 0.0406 e. The van der Waals surface area contributed by atoms with Gasteiger partial charge in [0.1, 0.15) is 0 Å². The van der Waals surface area contributed by atoms with Crippen molar-refractivity contribution in [2.75, 3.05) is 13.1 Å². The summed E-state index contributed by atoms with van der Waals surface area (Å²) in [4.78, 5) is 0. The Morgan fingerprint density at radius 1 is 1.21 bits per heavy atom. The zero-order valence-electron chi connectivity index (χ0n) is 12.0. The van der Waals surface area contributed by atoms with E-state index in [9.17, 15) is 0 Å². The van der Waals surface area contributed by atoms with E-state index in [2.05, 4.69) is 31.3 Å². The Labute approximate surface area is 121 Å². The molecule has 1 nitrogen and oxygen atoms in total. The highest BCUT2D eigenvalue weighted by atomic mass is 35.5. The van der Waals surface area contributed by atoms with Crippen molar-refractivity contribution in [3.05, 3.63) is 34.9 Å². The van der Waals surface area contributed by atoms with Crippen molar-refractivity contribution < 1.29 is 0 Å². The van der Waals surface area contributed by atoms with Crippen molar-refractivity contribution in [1.82, 2.24) is 5.32 Å². The van der Waals surface area contributed by atoms with E-state index in [0.717, 1.165) is 23.4 Å². The third-order valence-corrected chi connectivity index (χ3v) is 5.69. The van der Waals surface area contributed by atoms with Crippen molar-refractivity contribution in [3.8, 4) is 0 Å². The average Bonchev–Trinajstić information content (AvgIpc) is 2.36. The minimum Gasteiger partial charge on any atom is -0.316 e. The fourth-order valence-electron chi connectivity index (χ4n) is 4.09. The van der Waals surface area contributed by atoms with Gasteiger partial charge in [0.2, 0.25) is 0 Å². The first-order valence-electron chi connectivity index (χ1n) is 7.57. The molecule has 1 atom stereocenters. The first kappa shape index (κ1) is 13.5. The summed E-state index contributed by atoms with van der Waals surface area (Å²) in [6.07, 6.45) is 4.17. The van der Waals surface area contributed by atoms with Crippen LogP contribution in [0.5, 0.6) is 0 Å². The lowest BCUT2D eigenvalue weighted by atomic mass is 9.50. The molecule has 1 aliphatic carbocycles. The Morgan fingerprint density at radius 3 is 2.53 bits per heavy atom. The summed E-state index contributed by atoms with van der Waals surface area (Å²) in [5, 5.41) is 4.43. The van der Waals surface area contributed by atoms with Gasteiger partial charge >= 0.3 is 0 Å². The standard InChI is InChI=1S/C17H24ClN/c1-12(2)14-9-17(10-14)7-8-19-11-16(17)13-3-5-15(18)6-4-13/h3-6,12,14,16,19H,7-11H2,1-2H3. The van der Waals surface area contributed by atoms with Gasteiger partial charge in [0.25, 0.3) is 0 Å². The third kappa shape index (κ3) is 2.43. The molecule has 1 unspecified atom stereocenters. The average molecular weight is 278 g/mol. The molecule has 1 spiro atoms. The van der Waals surface area contributed by atoms with Gasteiger partial charge in [-0.25, -0.2) is 0 Å². The molecule has 104 valence electrons. The Hall–Kier alpha value is -0.530. The summed E-state index contributed by atoms with van der Waals surface area (Å²) in [6.45, 7) is 7.06. The Kier molecular flexibility index (Phi) is 3.61. The summed E-state index contributed by atoms with van der Waals surface area (Å²) in [7, 11) is 0. The van der Waals surface area contributed by atoms with Crippen LogP contribution in [0, 0.1) is 17.3 Å². The molecule has 2 heteroatoms. The molecule has 1 aliphatic heterocycles. The Balaban J connectivity index is 1.81. The Morgan fingerprint density at radius 2 is 1.89 bits per heavy atom. The van der Waals surface area contributed by atoms with Gasteiger partial charge in [-0.3, -0.25) is 0 Å². The third-order valence-electron chi connectivity index (χ3n) is 5.44. The highest BCUT2D eigenvalue weighted by molar-refractivity contribution is 6.30. The summed E-state index contributed by atoms with van der Waals surface area (Å²) in [5.41, 5.74) is 2.03. The number of piperidine rings is 1. The van der Waals surface area contributed by atoms with Crippen LogP contribution in [0.2, 0.25) is 5.02 Å². The molecule has 19 heavy (non-hydrogen) atoms. The summed E-state index contributed by atoms with van der Waals surface area (Å²) < 4.78 is 0. The molecule has 0 bridgehead atoms. The number of nitrogens with one attached hydrogen (secondary N) is 1. The minimum absolute atomic E-state index is 0.564. The van der Waals surface area contributed by atoms with Gasteiger partial charge in [0.15, 0.2) is 0 Å². The van der Waals surface area contributed by atoms with Crippen molar-refractivity contribution in [1.29, 1.82) is 0 Å². The van der Waals surface area contributed by atoms with E-state index in [-0.39, 0.29) is 0 Å². The number of hydrogen-bond acceptors (Lipinski definition) is 1. The molecule has 1 saturated heterocycles. The van der Waals surface area contributed by atoms with E-state index in [1.165, 1.54) is 31.4 Å². The van der Waals surface area contributed by atoms with Crippen LogP contribution in [0.15, 0.2) is 24.3 Å². The lowest BCUT2D eigenvalue weighted by Crippen LogP contribution is -2.51. The topological polar surface area (TPSA) is 12.0 Å². The summed E-state index contributed by atoms with van der Waals surface area (Å²) in [5.74, 6) is 2.45. The lowest BCUT2D eigenvalue weighted by Gasteiger charge is -2.56. The van der Waals surface area contributed by atoms with Gasteiger partial charge in [0, 0.05) is 17.5 Å². The van der Waals surface area contributed by atoms with Gasteiger partial charge in [-0.2, -0.15) is 0 Å². The van der Waals surface area contributed by atoms with E-state index in [1.807, 2.05) is 12.1 Å². The van der Waals surface area contributed by atoms with Crippen LogP contribution >= 0.6 is 11.6 Å². The molecule has 1 saturated carbocycles. The van der Waals surface area contributed by atoms with E-state index >= 15 is 0 Å². The van der Waals surface area contributed by atoms with Crippen LogP contribution in [0.4, 0.5) is 0 Å². The van der Waals surface area contributed by atoms with Crippen LogP contribution in [0.3, 0.4) is 0 Å². The fourth-order valence-corrected chi connectivity index (χ4v) is 4.21. The molecule has 2 fully saturated rings. The largest absolute Gasteiger partial charge is 0.316 e. The highest BCUT2D eigenvalue weighted by Crippen LogP contribution is 2.59. The van der Waals surface area contributed by atoms with Gasteiger partial charge in [-0.05, 0) is 60.8 Å². The molecule has 1 heterocycles. The van der Waals surface area contributed by atoms with Gasteiger partial charge in [-0.15, -0.1) is 0 Å². The van der Waals surface area contributed by atoms with E-state index in [1.54, 1.807) is 0 Å². The first-order chi connectivity index (χ1) is 9.11. The van der Waals surface area contributed by atoms with E-state index < -0.39 is 0 Å². The maximum atomic E-state index is 6.02. The van der Waals surface area contributed by atoms with Gasteiger partial charge < -0.3 is 5.32 Å². The number of halogens is 1. The van der Waals surface area contributed by atoms with Gasteiger partial charge in [0.05, 0.1) is 0 Å². The second kappa shape index (κ2) is 5.10. The molecule has 3 rings (SSSR count). The second-order valence-electron chi connectivity index (χ2n) is 6.83. The van der Waals surface area contributed by atoms with Gasteiger partial charge in [-0.1, -0.05) is 37.6 Å². The molecule has 0 aromatic heterocycles. The summed E-state index contributed by atoms with van der Waals surface area (Å²) >= 11 is 6.02. The molecular weight excluding hydrogens is 254 g/mol. The molecule has 0 amide bonds. The SMILES string of the molecule is CC(C)C1CC2(CCNCC2c2ccc(Cl)cc2)C1. The minimum atomic E-state index is 0.564. The summed E-state index contributed by atoms with van der Waals surface area (Å²) in [6, 6.07) is 8.53. The second-order valence-corrected chi connectivity index (χ2v) is 7.27. The number of rotatable bonds is 2. The van der Waals surface area contributed by atoms with Crippen LogP contribution in [0.1, 0.15) is 44.6 Å². The van der Waals surface area contributed by atoms with Crippen molar-refractivity contribution in [3.63, 3.8) is 0 Å². The first-order valence-corrected chi connectivity index (χ1v) is 7.95. The zero-order valence-corrected chi connectivity index (χ0v) is 12.7. The van der Waals surface area contributed by atoms with Crippen LogP contribution in [-0.4, -0.2) is 13.1 Å². The van der Waals surface area contributed by atoms with Crippen molar-refractivity contribution in [2.24, 2.45) is 17.3 Å². The molecule has 2 aliphatic rings. The zero-order chi connectivity index (χ0) is 13.5. The number of benzene rings is 1. The molecule has 1 N–H and O–H groups in total. The van der Waals surface area contributed by atoms with E-state index in [4.69, 9.17) is 11.6 Å². The van der Waals surface area contributed by atoms with E-state index in [0.29, 0.717) is 11.3 Å². The monoisotopic (exact) mass is 277 g/mol. The van der Waals surface area contributed by atoms with Crippen LogP contribution in [-0.2, 0) is 0 Å². The normalized spacial score (nSPS) is 34.5. The van der Waals surface area contributed by atoms with Crippen LogP contribution < -0.4 is 5.32 Å². The fraction of sp³-hybridized carbons (Fsp3) is 0.647. The highest BCUT2D eigenvalue weighted by Gasteiger charge is 2.51. The maximum Gasteiger partial charge on any atom is 0.0406 e. The lowest BCUT2D eigenvalue weighted by molar-refractivity contribution is -0.0214. The quantitative estimate of drug-likeness (QED) is 0.841. The molecule has 1 aromatic rings. The molecule has 0 radical (unpaired) electrons. The van der Waals surface area contributed by atoms with Crippen molar-refractivity contribution >= 4 is 11.6 Å². The predicted octanol–water partition coefficient (Wildman–Crippen LogP) is 4.47. The Bertz CT molecular complexity index is 431. The van der Waals surface area contributed by atoms with Crippen molar-refractivity contribution in [2.45, 2.75) is 39.0 Å². The van der Waals surface area contributed by atoms with Crippen LogP contribution in [0.25, 0.3) is 0 Å². The molecular formula is C17H24ClN. The number of hydrogen-bond donors (Lipinski definition) is 1. The molecule has 1 aromatic carbocycles. The predicted molar refractivity (Wildman–Crippen MR) is 81.7 cm³/mol. The maximum absolute atomic E-state index is 6.02.